The Kier molecular flexibility index (Phi) is 3.65. The number of nitrogens with two attached hydrogens (primary N) is 1. The Labute approximate surface area is 93.4 Å². The molecule has 3 N–H and O–H groups in total. The number of rotatable bonds is 3. The van der Waals surface area contributed by atoms with E-state index >= 15 is 0 Å². The molecule has 1 aliphatic rings. The van der Waals surface area contributed by atoms with Crippen LogP contribution in [0.2, 0.25) is 0 Å². The van der Waals surface area contributed by atoms with Gasteiger partial charge in [-0.3, -0.25) is 14.5 Å². The third-order valence-electron chi connectivity index (χ3n) is 2.37. The molecule has 16 heavy (non-hydrogen) atoms. The molecule has 6 nitrogen and oxygen atoms in total. The molecular weight excluding hydrogens is 210 g/mol. The molecule has 0 aromatic heterocycles. The van der Waals surface area contributed by atoms with Crippen molar-refractivity contribution in [1.29, 1.82) is 0 Å². The molecule has 0 saturated heterocycles. The number of nitrogens with zero attached hydrogens (tertiary/aromatic N) is 2. The van der Waals surface area contributed by atoms with Gasteiger partial charge in [-0.15, -0.1) is 0 Å². The number of hydrogen-bond donors (Lipinski definition) is 2. The molecule has 0 unspecified atom stereocenters. The molecule has 0 aromatic rings. The Morgan fingerprint density at radius 1 is 1.62 bits per heavy atom. The first kappa shape index (κ1) is 12.2. The second kappa shape index (κ2) is 4.78. The maximum atomic E-state index is 11.8. The number of hydrogen-bond acceptors (Lipinski definition) is 5. The summed E-state index contributed by atoms with van der Waals surface area (Å²) < 4.78 is 0. The van der Waals surface area contributed by atoms with Gasteiger partial charge < -0.3 is 10.9 Å². The van der Waals surface area contributed by atoms with E-state index in [2.05, 4.69) is 5.10 Å². The van der Waals surface area contributed by atoms with Gasteiger partial charge in [-0.2, -0.15) is 5.10 Å². The topological polar surface area (TPSA) is 96.0 Å². The van der Waals surface area contributed by atoms with Crippen LogP contribution < -0.4 is 5.84 Å². The molecule has 0 aliphatic carbocycles. The summed E-state index contributed by atoms with van der Waals surface area (Å²) >= 11 is 0. The molecule has 6 heteroatoms. The fourth-order valence-electron chi connectivity index (χ4n) is 1.59. The van der Waals surface area contributed by atoms with E-state index in [0.717, 1.165) is 11.3 Å². The van der Waals surface area contributed by atoms with E-state index < -0.39 is 11.8 Å². The third kappa shape index (κ3) is 2.05. The highest BCUT2D eigenvalue weighted by molar-refractivity contribution is 6.25. The van der Waals surface area contributed by atoms with E-state index in [0.29, 0.717) is 12.1 Å². The van der Waals surface area contributed by atoms with Crippen LogP contribution in [-0.2, 0) is 9.59 Å². The van der Waals surface area contributed by atoms with Crippen molar-refractivity contribution in [2.24, 2.45) is 10.9 Å². The number of aliphatic hydroxyl groups excluding tert-OH is 1. The van der Waals surface area contributed by atoms with Crippen molar-refractivity contribution < 1.29 is 14.7 Å². The smallest absolute Gasteiger partial charge is 0.266 e. The lowest BCUT2D eigenvalue weighted by molar-refractivity contribution is -0.139. The molecule has 1 heterocycles. The Balaban J connectivity index is 3.01. The van der Waals surface area contributed by atoms with Gasteiger partial charge in [-0.1, -0.05) is 13.3 Å². The van der Waals surface area contributed by atoms with E-state index in [1.54, 1.807) is 0 Å². The maximum absolute atomic E-state index is 11.8. The fourth-order valence-corrected chi connectivity index (χ4v) is 1.59. The van der Waals surface area contributed by atoms with Gasteiger partial charge in [0.05, 0.1) is 12.3 Å². The van der Waals surface area contributed by atoms with Gasteiger partial charge in [0.1, 0.15) is 11.3 Å². The van der Waals surface area contributed by atoms with Crippen molar-refractivity contribution in [2.45, 2.75) is 26.7 Å². The van der Waals surface area contributed by atoms with Crippen LogP contribution in [0.1, 0.15) is 26.7 Å². The number of carbonyl (C=O) groups is 2. The quantitative estimate of drug-likeness (QED) is 0.410. The standard InChI is InChI=1S/C10H15N3O3/c1-3-4-7(12-11)9-8(15)5-13(6(2)14)10(9)16/h15H,3-5,11H2,1-2H3. The van der Waals surface area contributed by atoms with E-state index in [1.165, 1.54) is 6.92 Å². The minimum Gasteiger partial charge on any atom is -0.509 e. The largest absolute Gasteiger partial charge is 0.509 e. The maximum Gasteiger partial charge on any atom is 0.266 e. The highest BCUT2D eigenvalue weighted by atomic mass is 16.3. The lowest BCUT2D eigenvalue weighted by atomic mass is 10.1. The van der Waals surface area contributed by atoms with E-state index in [9.17, 15) is 14.7 Å². The predicted octanol–water partition coefficient (Wildman–Crippen LogP) is 0.302. The first-order valence-electron chi connectivity index (χ1n) is 5.04. The summed E-state index contributed by atoms with van der Waals surface area (Å²) in [5, 5.41) is 13.1. The van der Waals surface area contributed by atoms with Crippen LogP contribution in [0.4, 0.5) is 0 Å². The lowest BCUT2D eigenvalue weighted by Gasteiger charge is -2.11. The van der Waals surface area contributed by atoms with Gasteiger partial charge in [-0.25, -0.2) is 0 Å². The molecule has 0 fully saturated rings. The van der Waals surface area contributed by atoms with Crippen molar-refractivity contribution in [1.82, 2.24) is 4.90 Å². The molecule has 88 valence electrons. The van der Waals surface area contributed by atoms with Crippen LogP contribution in [0, 0.1) is 0 Å². The summed E-state index contributed by atoms with van der Waals surface area (Å²) in [4.78, 5) is 23.9. The Morgan fingerprint density at radius 2 is 2.25 bits per heavy atom. The number of imide groups is 1. The Morgan fingerprint density at radius 3 is 2.62 bits per heavy atom. The van der Waals surface area contributed by atoms with Crippen LogP contribution in [0.25, 0.3) is 0 Å². The molecule has 0 radical (unpaired) electrons. The number of carbonyl (C=O) groups excluding carboxylic acids is 2. The second-order valence-electron chi connectivity index (χ2n) is 3.56. The van der Waals surface area contributed by atoms with Gasteiger partial charge in [0, 0.05) is 6.92 Å². The van der Waals surface area contributed by atoms with Gasteiger partial charge in [0.25, 0.3) is 5.91 Å². The summed E-state index contributed by atoms with van der Waals surface area (Å²) in [5.41, 5.74) is 0.410. The molecule has 0 aromatic carbocycles. The predicted molar refractivity (Wildman–Crippen MR) is 58.6 cm³/mol. The van der Waals surface area contributed by atoms with Crippen molar-refractivity contribution in [3.05, 3.63) is 11.3 Å². The average molecular weight is 225 g/mol. The highest BCUT2D eigenvalue weighted by Gasteiger charge is 2.35. The minimum atomic E-state index is -0.525. The summed E-state index contributed by atoms with van der Waals surface area (Å²) in [6, 6.07) is 0. The molecule has 2 amide bonds. The summed E-state index contributed by atoms with van der Waals surface area (Å²) in [5.74, 6) is 4.10. The van der Waals surface area contributed by atoms with Crippen molar-refractivity contribution in [3.63, 3.8) is 0 Å². The third-order valence-corrected chi connectivity index (χ3v) is 2.37. The van der Waals surface area contributed by atoms with Crippen LogP contribution >= 0.6 is 0 Å². The summed E-state index contributed by atoms with van der Waals surface area (Å²) in [7, 11) is 0. The summed E-state index contributed by atoms with van der Waals surface area (Å²) in [6.07, 6.45) is 1.24. The number of hydrazone groups is 1. The highest BCUT2D eigenvalue weighted by Crippen LogP contribution is 2.20. The molecular formula is C10H15N3O3. The molecule has 1 rings (SSSR count). The second-order valence-corrected chi connectivity index (χ2v) is 3.56. The molecule has 1 aliphatic heterocycles. The SMILES string of the molecule is CCCC(=NN)C1=C(O)CN(C(C)=O)C1=O. The zero-order chi connectivity index (χ0) is 12.3. The number of amides is 2. The minimum absolute atomic E-state index is 0.0690. The molecule has 0 saturated carbocycles. The first-order chi connectivity index (χ1) is 7.52. The molecule has 0 spiro atoms. The normalized spacial score (nSPS) is 17.2. The van der Waals surface area contributed by atoms with Gasteiger partial charge >= 0.3 is 0 Å². The van der Waals surface area contributed by atoms with Crippen LogP contribution in [0.3, 0.4) is 0 Å². The van der Waals surface area contributed by atoms with Crippen molar-refractivity contribution in [3.8, 4) is 0 Å². The Hall–Kier alpha value is -1.85. The van der Waals surface area contributed by atoms with Crippen LogP contribution in [-0.4, -0.2) is 34.1 Å². The van der Waals surface area contributed by atoms with Crippen LogP contribution in [0.15, 0.2) is 16.4 Å². The van der Waals surface area contributed by atoms with E-state index in [1.807, 2.05) is 6.92 Å². The number of aliphatic hydroxyl groups is 1. The average Bonchev–Trinajstić information content (AvgIpc) is 2.52. The molecule has 0 bridgehead atoms. The lowest BCUT2D eigenvalue weighted by Crippen LogP contribution is -2.33. The monoisotopic (exact) mass is 225 g/mol. The van der Waals surface area contributed by atoms with Crippen molar-refractivity contribution in [2.75, 3.05) is 6.54 Å². The van der Waals surface area contributed by atoms with Gasteiger partial charge in [0.15, 0.2) is 0 Å². The zero-order valence-corrected chi connectivity index (χ0v) is 9.36. The molecule has 0 atom stereocenters. The Bertz CT molecular complexity index is 385. The zero-order valence-electron chi connectivity index (χ0n) is 9.36. The van der Waals surface area contributed by atoms with Gasteiger partial charge in [-0.05, 0) is 6.42 Å². The van der Waals surface area contributed by atoms with E-state index in [4.69, 9.17) is 5.84 Å². The van der Waals surface area contributed by atoms with E-state index in [-0.39, 0.29) is 17.9 Å². The van der Waals surface area contributed by atoms with Crippen LogP contribution in [0.5, 0.6) is 0 Å². The van der Waals surface area contributed by atoms with Gasteiger partial charge in [0.2, 0.25) is 5.91 Å². The first-order valence-corrected chi connectivity index (χ1v) is 5.04. The summed E-state index contributed by atoms with van der Waals surface area (Å²) in [6.45, 7) is 3.09. The van der Waals surface area contributed by atoms with Crippen molar-refractivity contribution >= 4 is 17.5 Å². The fraction of sp³-hybridized carbons (Fsp3) is 0.500.